The van der Waals surface area contributed by atoms with Gasteiger partial charge in [-0.1, -0.05) is 24.3 Å². The number of hydrogen-bond donors (Lipinski definition) is 1. The first-order valence-corrected chi connectivity index (χ1v) is 10.1. The van der Waals surface area contributed by atoms with Crippen LogP contribution in [0.15, 0.2) is 53.4 Å². The molecule has 0 heterocycles. The lowest BCUT2D eigenvalue weighted by Gasteiger charge is -2.13. The van der Waals surface area contributed by atoms with Crippen molar-refractivity contribution in [3.05, 3.63) is 59.7 Å². The van der Waals surface area contributed by atoms with Crippen LogP contribution >= 0.6 is 0 Å². The highest BCUT2D eigenvalue weighted by Gasteiger charge is 2.11. The van der Waals surface area contributed by atoms with Gasteiger partial charge in [-0.15, -0.1) is 0 Å². The van der Waals surface area contributed by atoms with Crippen LogP contribution < -0.4 is 14.8 Å². The molecule has 7 heteroatoms. The zero-order valence-corrected chi connectivity index (χ0v) is 16.5. The molecular formula is C20H23NO5S. The van der Waals surface area contributed by atoms with Crippen molar-refractivity contribution >= 4 is 21.8 Å². The summed E-state index contributed by atoms with van der Waals surface area (Å²) in [6, 6.07) is 11.6. The largest absolute Gasteiger partial charge is 0.493 e. The second-order valence-corrected chi connectivity index (χ2v) is 8.00. The van der Waals surface area contributed by atoms with Crippen molar-refractivity contribution in [1.29, 1.82) is 0 Å². The molecule has 0 aliphatic heterocycles. The van der Waals surface area contributed by atoms with Gasteiger partial charge in [-0.25, -0.2) is 8.42 Å². The molecule has 27 heavy (non-hydrogen) atoms. The van der Waals surface area contributed by atoms with Crippen LogP contribution in [0, 0.1) is 0 Å². The van der Waals surface area contributed by atoms with Crippen LogP contribution in [0.5, 0.6) is 11.5 Å². The summed E-state index contributed by atoms with van der Waals surface area (Å²) in [5, 5.41) is 2.84. The Kier molecular flexibility index (Phi) is 6.63. The number of para-hydroxylation sites is 1. The molecule has 0 aliphatic rings. The van der Waals surface area contributed by atoms with E-state index in [1.54, 1.807) is 31.4 Å². The van der Waals surface area contributed by atoms with Crippen molar-refractivity contribution in [3.8, 4) is 11.5 Å². The molecule has 2 aromatic carbocycles. The maximum atomic E-state index is 12.2. The molecule has 0 saturated heterocycles. The minimum Gasteiger partial charge on any atom is -0.493 e. The smallest absolute Gasteiger partial charge is 0.244 e. The van der Waals surface area contributed by atoms with Crippen LogP contribution in [0.3, 0.4) is 0 Å². The average Bonchev–Trinajstić information content (AvgIpc) is 2.65. The number of carbonyl (C=O) groups excluding carboxylic acids is 1. The molecule has 0 bridgehead atoms. The molecule has 0 radical (unpaired) electrons. The molecule has 0 saturated carbocycles. The Morgan fingerprint density at radius 2 is 1.74 bits per heavy atom. The third kappa shape index (κ3) is 5.34. The number of methoxy groups -OCH3 is 2. The molecule has 2 aromatic rings. The standard InChI is InChI=1S/C20H23NO5S/c1-14(15-8-11-17(12-9-15)27(4,23)24)21-19(22)13-10-16-6-5-7-18(25-2)20(16)26-3/h5-14H,1-4H3,(H,21,22)/b13-10+/t14-/m0/s1. The summed E-state index contributed by atoms with van der Waals surface area (Å²) in [5.74, 6) is 0.854. The minimum atomic E-state index is -3.24. The van der Waals surface area contributed by atoms with Gasteiger partial charge < -0.3 is 14.8 Å². The van der Waals surface area contributed by atoms with E-state index in [2.05, 4.69) is 5.32 Å². The number of hydrogen-bond acceptors (Lipinski definition) is 5. The fraction of sp³-hybridized carbons (Fsp3) is 0.250. The number of amides is 1. The molecule has 0 fully saturated rings. The SMILES string of the molecule is COc1cccc(/C=C/C(=O)N[C@@H](C)c2ccc(S(C)(=O)=O)cc2)c1OC. The Morgan fingerprint density at radius 1 is 1.07 bits per heavy atom. The van der Waals surface area contributed by atoms with E-state index in [-0.39, 0.29) is 16.8 Å². The van der Waals surface area contributed by atoms with Crippen molar-refractivity contribution < 1.29 is 22.7 Å². The van der Waals surface area contributed by atoms with E-state index in [0.717, 1.165) is 17.4 Å². The van der Waals surface area contributed by atoms with Crippen molar-refractivity contribution in [1.82, 2.24) is 5.32 Å². The summed E-state index contributed by atoms with van der Waals surface area (Å²) < 4.78 is 33.6. The molecule has 0 spiro atoms. The van der Waals surface area contributed by atoms with Gasteiger partial charge >= 0.3 is 0 Å². The molecule has 2 rings (SSSR count). The van der Waals surface area contributed by atoms with Gasteiger partial charge in [0.05, 0.1) is 25.2 Å². The van der Waals surface area contributed by atoms with Crippen molar-refractivity contribution in [2.45, 2.75) is 17.9 Å². The van der Waals surface area contributed by atoms with Gasteiger partial charge in [0.1, 0.15) is 0 Å². The first kappa shape index (κ1) is 20.5. The Balaban J connectivity index is 2.08. The third-order valence-corrected chi connectivity index (χ3v) is 5.14. The van der Waals surface area contributed by atoms with Gasteiger partial charge in [0.25, 0.3) is 0 Å². The molecule has 1 amide bonds. The van der Waals surface area contributed by atoms with Crippen LogP contribution in [-0.4, -0.2) is 34.8 Å². The van der Waals surface area contributed by atoms with Crippen LogP contribution in [0.2, 0.25) is 0 Å². The number of sulfone groups is 1. The monoisotopic (exact) mass is 389 g/mol. The highest BCUT2D eigenvalue weighted by molar-refractivity contribution is 7.90. The van der Waals surface area contributed by atoms with Gasteiger partial charge in [0, 0.05) is 17.9 Å². The molecule has 0 aromatic heterocycles. The van der Waals surface area contributed by atoms with Crippen LogP contribution in [0.4, 0.5) is 0 Å². The lowest BCUT2D eigenvalue weighted by Crippen LogP contribution is -2.24. The summed E-state index contributed by atoms with van der Waals surface area (Å²) in [7, 11) is -0.151. The van der Waals surface area contributed by atoms with Crippen LogP contribution in [-0.2, 0) is 14.6 Å². The zero-order chi connectivity index (χ0) is 20.0. The molecule has 0 aliphatic carbocycles. The Bertz CT molecular complexity index is 933. The maximum absolute atomic E-state index is 12.2. The Hall–Kier alpha value is -2.80. The minimum absolute atomic E-state index is 0.245. The first-order valence-electron chi connectivity index (χ1n) is 8.26. The Labute approximate surface area is 159 Å². The van der Waals surface area contributed by atoms with Crippen molar-refractivity contribution in [2.75, 3.05) is 20.5 Å². The first-order chi connectivity index (χ1) is 12.8. The van der Waals surface area contributed by atoms with E-state index in [4.69, 9.17) is 9.47 Å². The molecule has 1 N–H and O–H groups in total. The molecule has 1 atom stereocenters. The predicted molar refractivity (Wildman–Crippen MR) is 105 cm³/mol. The van der Waals surface area contributed by atoms with Gasteiger partial charge in [-0.05, 0) is 36.8 Å². The number of carbonyl (C=O) groups is 1. The van der Waals surface area contributed by atoms with E-state index in [9.17, 15) is 13.2 Å². The molecule has 144 valence electrons. The number of ether oxygens (including phenoxy) is 2. The fourth-order valence-corrected chi connectivity index (χ4v) is 3.19. The van der Waals surface area contributed by atoms with Crippen LogP contribution in [0.25, 0.3) is 6.08 Å². The molecule has 6 nitrogen and oxygen atoms in total. The molecule has 0 unspecified atom stereocenters. The quantitative estimate of drug-likeness (QED) is 0.736. The van der Waals surface area contributed by atoms with E-state index in [1.165, 1.54) is 25.3 Å². The summed E-state index contributed by atoms with van der Waals surface area (Å²) in [6.45, 7) is 1.83. The summed E-state index contributed by atoms with van der Waals surface area (Å²) in [4.78, 5) is 12.5. The number of rotatable bonds is 7. The van der Waals surface area contributed by atoms with Gasteiger partial charge in [-0.2, -0.15) is 0 Å². The highest BCUT2D eigenvalue weighted by Crippen LogP contribution is 2.31. The molecular weight excluding hydrogens is 366 g/mol. The topological polar surface area (TPSA) is 81.7 Å². The predicted octanol–water partition coefficient (Wildman–Crippen LogP) is 3.00. The van der Waals surface area contributed by atoms with Crippen molar-refractivity contribution in [3.63, 3.8) is 0 Å². The number of benzene rings is 2. The van der Waals surface area contributed by atoms with E-state index in [0.29, 0.717) is 11.5 Å². The van der Waals surface area contributed by atoms with Gasteiger partial charge in [0.2, 0.25) is 5.91 Å². The average molecular weight is 389 g/mol. The Morgan fingerprint density at radius 3 is 2.30 bits per heavy atom. The third-order valence-electron chi connectivity index (χ3n) is 4.01. The summed E-state index contributed by atoms with van der Waals surface area (Å²) >= 11 is 0. The summed E-state index contributed by atoms with van der Waals surface area (Å²) in [5.41, 5.74) is 1.53. The van der Waals surface area contributed by atoms with Gasteiger partial charge in [0.15, 0.2) is 21.3 Å². The zero-order valence-electron chi connectivity index (χ0n) is 15.7. The lowest BCUT2D eigenvalue weighted by molar-refractivity contribution is -0.117. The highest BCUT2D eigenvalue weighted by atomic mass is 32.2. The van der Waals surface area contributed by atoms with E-state index < -0.39 is 9.84 Å². The second-order valence-electron chi connectivity index (χ2n) is 5.99. The van der Waals surface area contributed by atoms with Crippen LogP contribution in [0.1, 0.15) is 24.1 Å². The van der Waals surface area contributed by atoms with Gasteiger partial charge in [-0.3, -0.25) is 4.79 Å². The van der Waals surface area contributed by atoms with Crippen molar-refractivity contribution in [2.24, 2.45) is 0 Å². The lowest BCUT2D eigenvalue weighted by atomic mass is 10.1. The maximum Gasteiger partial charge on any atom is 0.244 e. The summed E-state index contributed by atoms with van der Waals surface area (Å²) in [6.07, 6.45) is 4.22. The second kappa shape index (κ2) is 8.73. The fourth-order valence-electron chi connectivity index (χ4n) is 2.56. The number of nitrogens with one attached hydrogen (secondary N) is 1. The normalized spacial score (nSPS) is 12.6. The van der Waals surface area contributed by atoms with E-state index in [1.807, 2.05) is 19.1 Å². The van der Waals surface area contributed by atoms with E-state index >= 15 is 0 Å².